The maximum atomic E-state index is 10.2. The van der Waals surface area contributed by atoms with Crippen LogP contribution in [0.1, 0.15) is 5.56 Å². The molecule has 0 aliphatic rings. The van der Waals surface area contributed by atoms with E-state index < -0.39 is 11.0 Å². The fourth-order valence-corrected chi connectivity index (χ4v) is 1.22. The van der Waals surface area contributed by atoms with Gasteiger partial charge in [0, 0.05) is 5.69 Å². The maximum absolute atomic E-state index is 10.2. The first-order valence-electron chi connectivity index (χ1n) is 3.28. The van der Waals surface area contributed by atoms with Gasteiger partial charge < -0.3 is 9.92 Å². The van der Waals surface area contributed by atoms with E-state index >= 15 is 0 Å². The molecule has 2 N–H and O–H groups in total. The van der Waals surface area contributed by atoms with Gasteiger partial charge in [-0.3, -0.25) is 0 Å². The highest BCUT2D eigenvalue weighted by molar-refractivity contribution is 7.67. The lowest BCUT2D eigenvalue weighted by molar-refractivity contribution is 0.508. The van der Waals surface area contributed by atoms with Crippen LogP contribution in [0, 0.1) is 6.92 Å². The molecule has 0 saturated carbocycles. The molecule has 66 valence electrons. The number of benzene rings is 1. The van der Waals surface area contributed by atoms with Crippen LogP contribution in [0.3, 0.4) is 0 Å². The number of aryl methyl sites for hydroxylation is 1. The molecule has 0 heterocycles. The number of thiol groups is 1. The quantitative estimate of drug-likeness (QED) is 0.522. The molecule has 5 heteroatoms. The monoisotopic (exact) mass is 187 g/mol. The molecule has 0 atom stereocenters. The smallest absolute Gasteiger partial charge is 0.299 e. The molecular formula is C7H9NO3S. The predicted molar refractivity (Wildman–Crippen MR) is 46.5 cm³/mol. The summed E-state index contributed by atoms with van der Waals surface area (Å²) in [4.78, 5) is 0. The lowest BCUT2D eigenvalue weighted by Crippen LogP contribution is -1.93. The molecule has 12 heavy (non-hydrogen) atoms. The number of hydrogen-bond acceptors (Lipinski definition) is 4. The van der Waals surface area contributed by atoms with Crippen LogP contribution in [0.2, 0.25) is 0 Å². The van der Waals surface area contributed by atoms with E-state index in [1.165, 1.54) is 6.07 Å². The second-order valence-corrected chi connectivity index (χ2v) is 2.97. The minimum Gasteiger partial charge on any atom is -0.399 e. The van der Waals surface area contributed by atoms with Crippen molar-refractivity contribution in [3.8, 4) is 5.75 Å². The van der Waals surface area contributed by atoms with E-state index in [1.807, 2.05) is 0 Å². The molecule has 0 spiro atoms. The highest BCUT2D eigenvalue weighted by Gasteiger charge is 1.99. The van der Waals surface area contributed by atoms with Crippen LogP contribution in [0.5, 0.6) is 5.75 Å². The first-order valence-corrected chi connectivity index (χ1v) is 4.37. The summed E-state index contributed by atoms with van der Waals surface area (Å²) in [6.45, 7) is 1.73. The number of nitrogens with two attached hydrogens (primary N) is 1. The molecule has 0 aromatic heterocycles. The molecule has 0 aliphatic carbocycles. The Hall–Kier alpha value is -1.23. The van der Waals surface area contributed by atoms with Gasteiger partial charge in [0.25, 0.3) is 11.0 Å². The predicted octanol–water partition coefficient (Wildman–Crippen LogP) is 0.482. The molecule has 0 saturated heterocycles. The second-order valence-electron chi connectivity index (χ2n) is 2.34. The molecule has 1 aromatic carbocycles. The Balaban J connectivity index is 3.01. The Labute approximate surface area is 72.1 Å². The summed E-state index contributed by atoms with van der Waals surface area (Å²) in [6.07, 6.45) is 0. The van der Waals surface area contributed by atoms with E-state index in [1.54, 1.807) is 19.1 Å². The van der Waals surface area contributed by atoms with Crippen molar-refractivity contribution >= 4 is 16.7 Å². The van der Waals surface area contributed by atoms with Gasteiger partial charge in [-0.1, -0.05) is 0 Å². The Bertz CT molecular complexity index is 352. The van der Waals surface area contributed by atoms with Gasteiger partial charge in [0.05, 0.1) is 0 Å². The van der Waals surface area contributed by atoms with E-state index in [4.69, 9.17) is 5.73 Å². The molecule has 1 rings (SSSR count). The van der Waals surface area contributed by atoms with Crippen molar-refractivity contribution in [3.63, 3.8) is 0 Å². The zero-order valence-corrected chi connectivity index (χ0v) is 7.38. The first-order chi connectivity index (χ1) is 5.59. The summed E-state index contributed by atoms with van der Waals surface area (Å²) in [7, 11) is -2.84. The summed E-state index contributed by atoms with van der Waals surface area (Å²) in [6, 6.07) is 4.76. The van der Waals surface area contributed by atoms with Crippen molar-refractivity contribution in [1.82, 2.24) is 0 Å². The number of anilines is 1. The van der Waals surface area contributed by atoms with Crippen molar-refractivity contribution in [2.75, 3.05) is 5.73 Å². The number of nitrogen functional groups attached to an aromatic ring is 1. The van der Waals surface area contributed by atoms with Crippen LogP contribution in [-0.4, -0.2) is 8.42 Å². The van der Waals surface area contributed by atoms with Gasteiger partial charge in [0.15, 0.2) is 0 Å². The third-order valence-corrected chi connectivity index (χ3v) is 1.72. The molecular weight excluding hydrogens is 178 g/mol. The van der Waals surface area contributed by atoms with Crippen molar-refractivity contribution in [2.24, 2.45) is 0 Å². The SMILES string of the molecule is Cc1cc(N)ccc1O[SH](=O)=O. The molecule has 4 nitrogen and oxygen atoms in total. The van der Waals surface area contributed by atoms with Crippen LogP contribution in [-0.2, 0) is 11.0 Å². The van der Waals surface area contributed by atoms with Crippen molar-refractivity contribution in [1.29, 1.82) is 0 Å². The molecule has 0 radical (unpaired) electrons. The van der Waals surface area contributed by atoms with Gasteiger partial charge in [0.1, 0.15) is 5.75 Å². The molecule has 0 unspecified atom stereocenters. The van der Waals surface area contributed by atoms with E-state index in [0.717, 1.165) is 0 Å². The minimum atomic E-state index is -2.84. The summed E-state index contributed by atoms with van der Waals surface area (Å²) in [5.74, 6) is 0.320. The average Bonchev–Trinajstić information content (AvgIpc) is 1.94. The summed E-state index contributed by atoms with van der Waals surface area (Å²) in [5, 5.41) is 0. The number of hydrogen-bond donors (Lipinski definition) is 2. The molecule has 0 amide bonds. The lowest BCUT2D eigenvalue weighted by Gasteiger charge is -2.02. The van der Waals surface area contributed by atoms with E-state index in [2.05, 4.69) is 4.18 Å². The van der Waals surface area contributed by atoms with Gasteiger partial charge >= 0.3 is 0 Å². The lowest BCUT2D eigenvalue weighted by atomic mass is 10.2. The van der Waals surface area contributed by atoms with Gasteiger partial charge in [-0.2, -0.15) is 8.42 Å². The summed E-state index contributed by atoms with van der Waals surface area (Å²) < 4.78 is 24.9. The number of rotatable bonds is 2. The van der Waals surface area contributed by atoms with Crippen LogP contribution >= 0.6 is 0 Å². The zero-order chi connectivity index (χ0) is 9.14. The van der Waals surface area contributed by atoms with Crippen LogP contribution < -0.4 is 9.92 Å². The fourth-order valence-electron chi connectivity index (χ4n) is 0.855. The van der Waals surface area contributed by atoms with Gasteiger partial charge in [-0.15, -0.1) is 0 Å². The third kappa shape index (κ3) is 2.13. The standard InChI is InChI=1S/C7H9NO3S/c1-5-4-6(8)2-3-7(5)11-12(9)10/h2-4,12H,8H2,1H3. The Morgan fingerprint density at radius 1 is 1.42 bits per heavy atom. The van der Waals surface area contributed by atoms with Gasteiger partial charge in [0.2, 0.25) is 0 Å². The average molecular weight is 187 g/mol. The summed E-state index contributed by atoms with van der Waals surface area (Å²) in [5.41, 5.74) is 6.74. The minimum absolute atomic E-state index is 0.320. The maximum Gasteiger partial charge on any atom is 0.299 e. The molecule has 0 bridgehead atoms. The second kappa shape index (κ2) is 3.44. The van der Waals surface area contributed by atoms with Gasteiger partial charge in [-0.05, 0) is 30.7 Å². The zero-order valence-electron chi connectivity index (χ0n) is 6.48. The van der Waals surface area contributed by atoms with Crippen LogP contribution in [0.15, 0.2) is 18.2 Å². The first kappa shape index (κ1) is 8.86. The largest absolute Gasteiger partial charge is 0.399 e. The Morgan fingerprint density at radius 3 is 2.58 bits per heavy atom. The normalized spacial score (nSPS) is 10.2. The molecule has 0 aliphatic heterocycles. The van der Waals surface area contributed by atoms with E-state index in [9.17, 15) is 8.42 Å². The van der Waals surface area contributed by atoms with Gasteiger partial charge in [-0.25, -0.2) is 0 Å². The van der Waals surface area contributed by atoms with Crippen molar-refractivity contribution in [3.05, 3.63) is 23.8 Å². The highest BCUT2D eigenvalue weighted by atomic mass is 32.2. The Kier molecular flexibility index (Phi) is 2.54. The van der Waals surface area contributed by atoms with Crippen molar-refractivity contribution < 1.29 is 12.6 Å². The third-order valence-electron chi connectivity index (χ3n) is 1.37. The van der Waals surface area contributed by atoms with Crippen molar-refractivity contribution in [2.45, 2.75) is 6.92 Å². The van der Waals surface area contributed by atoms with E-state index in [0.29, 0.717) is 17.0 Å². The highest BCUT2D eigenvalue weighted by Crippen LogP contribution is 2.19. The molecule has 1 aromatic rings. The van der Waals surface area contributed by atoms with Crippen LogP contribution in [0.4, 0.5) is 5.69 Å². The topological polar surface area (TPSA) is 69.4 Å². The van der Waals surface area contributed by atoms with E-state index in [-0.39, 0.29) is 0 Å². The molecule has 0 fully saturated rings. The Morgan fingerprint density at radius 2 is 2.08 bits per heavy atom. The fraction of sp³-hybridized carbons (Fsp3) is 0.143. The summed E-state index contributed by atoms with van der Waals surface area (Å²) >= 11 is 0. The van der Waals surface area contributed by atoms with Crippen LogP contribution in [0.25, 0.3) is 0 Å².